The third-order valence-corrected chi connectivity index (χ3v) is 7.36. The van der Waals surface area contributed by atoms with E-state index in [0.29, 0.717) is 40.6 Å². The van der Waals surface area contributed by atoms with Crippen molar-refractivity contribution in [2.45, 2.75) is 45.1 Å². The highest BCUT2D eigenvalue weighted by atomic mass is 35.5. The first-order chi connectivity index (χ1) is 17.9. The standard InChI is InChI=1S/C26H36ClN5O4S/c1-19-6-3-4-12-31(19)13-5-11-28-23(33)16-22-18-37-26(29-22)30-24(34)17-32(14-15-36-2)25(35)20-7-9-21(27)10-8-20/h7-10,18-19H,3-6,11-17H2,1-2H3,(H,28,33)(H,29,30,34). The molecule has 2 aromatic rings. The molecular formula is C26H36ClN5O4S. The van der Waals surface area contributed by atoms with Gasteiger partial charge in [0.05, 0.1) is 18.7 Å². The second-order valence-electron chi connectivity index (χ2n) is 9.18. The molecule has 1 aliphatic heterocycles. The fourth-order valence-corrected chi connectivity index (χ4v) is 5.09. The van der Waals surface area contributed by atoms with Gasteiger partial charge in [0.1, 0.15) is 6.54 Å². The van der Waals surface area contributed by atoms with E-state index in [1.807, 2.05) is 0 Å². The Bertz CT molecular complexity index is 1030. The normalized spacial score (nSPS) is 15.8. The van der Waals surface area contributed by atoms with Crippen molar-refractivity contribution in [3.05, 3.63) is 45.9 Å². The number of piperidine rings is 1. The van der Waals surface area contributed by atoms with E-state index in [2.05, 4.69) is 27.4 Å². The van der Waals surface area contributed by atoms with Gasteiger partial charge in [-0.2, -0.15) is 0 Å². The lowest BCUT2D eigenvalue weighted by Crippen LogP contribution is -2.40. The molecule has 1 fully saturated rings. The van der Waals surface area contributed by atoms with Gasteiger partial charge in [0.2, 0.25) is 11.8 Å². The van der Waals surface area contributed by atoms with Crippen LogP contribution in [0.2, 0.25) is 5.02 Å². The van der Waals surface area contributed by atoms with Gasteiger partial charge in [-0.3, -0.25) is 14.4 Å². The van der Waals surface area contributed by atoms with Gasteiger partial charge in [-0.1, -0.05) is 18.0 Å². The third kappa shape index (κ3) is 9.70. The Balaban J connectivity index is 1.43. The molecule has 0 radical (unpaired) electrons. The van der Waals surface area contributed by atoms with Gasteiger partial charge in [0.15, 0.2) is 5.13 Å². The van der Waals surface area contributed by atoms with E-state index >= 15 is 0 Å². The van der Waals surface area contributed by atoms with Gasteiger partial charge in [-0.15, -0.1) is 11.3 Å². The summed E-state index contributed by atoms with van der Waals surface area (Å²) in [6.45, 7) is 5.43. The van der Waals surface area contributed by atoms with Crippen LogP contribution in [0.4, 0.5) is 5.13 Å². The van der Waals surface area contributed by atoms with Gasteiger partial charge in [0.25, 0.3) is 5.91 Å². The SMILES string of the molecule is COCCN(CC(=O)Nc1nc(CC(=O)NCCCN2CCCCC2C)cs1)C(=O)c1ccc(Cl)cc1. The smallest absolute Gasteiger partial charge is 0.254 e. The molecule has 1 unspecified atom stereocenters. The number of nitrogens with one attached hydrogen (secondary N) is 2. The fraction of sp³-hybridized carbons (Fsp3) is 0.538. The first kappa shape index (κ1) is 29.0. The maximum absolute atomic E-state index is 12.9. The molecule has 1 aromatic carbocycles. The Labute approximate surface area is 227 Å². The van der Waals surface area contributed by atoms with E-state index in [4.69, 9.17) is 16.3 Å². The number of anilines is 1. The van der Waals surface area contributed by atoms with Gasteiger partial charge in [-0.25, -0.2) is 4.98 Å². The molecule has 0 bridgehead atoms. The molecule has 37 heavy (non-hydrogen) atoms. The number of likely N-dealkylation sites (tertiary alicyclic amines) is 1. The zero-order valence-electron chi connectivity index (χ0n) is 21.5. The van der Waals surface area contributed by atoms with Crippen molar-refractivity contribution < 1.29 is 19.1 Å². The highest BCUT2D eigenvalue weighted by Gasteiger charge is 2.20. The van der Waals surface area contributed by atoms with Crippen LogP contribution in [0, 0.1) is 0 Å². The maximum Gasteiger partial charge on any atom is 0.254 e. The third-order valence-electron chi connectivity index (χ3n) is 6.30. The molecule has 3 rings (SSSR count). The number of halogens is 1. The molecule has 2 N–H and O–H groups in total. The summed E-state index contributed by atoms with van der Waals surface area (Å²) in [5.41, 5.74) is 1.03. The number of hydrogen-bond acceptors (Lipinski definition) is 7. The summed E-state index contributed by atoms with van der Waals surface area (Å²) in [4.78, 5) is 46.1. The van der Waals surface area contributed by atoms with Crippen LogP contribution in [0.25, 0.3) is 0 Å². The van der Waals surface area contributed by atoms with Crippen molar-refractivity contribution in [3.8, 4) is 0 Å². The minimum atomic E-state index is -0.379. The van der Waals surface area contributed by atoms with Crippen molar-refractivity contribution in [1.82, 2.24) is 20.1 Å². The average molecular weight is 550 g/mol. The summed E-state index contributed by atoms with van der Waals surface area (Å²) in [6.07, 6.45) is 4.88. The highest BCUT2D eigenvalue weighted by Crippen LogP contribution is 2.17. The Morgan fingerprint density at radius 3 is 2.73 bits per heavy atom. The highest BCUT2D eigenvalue weighted by molar-refractivity contribution is 7.13. The minimum Gasteiger partial charge on any atom is -0.383 e. The Hall–Kier alpha value is -2.53. The molecule has 1 aromatic heterocycles. The molecule has 1 atom stereocenters. The number of aromatic nitrogens is 1. The number of nitrogens with zero attached hydrogens (tertiary/aromatic N) is 3. The molecule has 3 amide bonds. The largest absolute Gasteiger partial charge is 0.383 e. The van der Waals surface area contributed by atoms with E-state index < -0.39 is 0 Å². The maximum atomic E-state index is 12.9. The fourth-order valence-electron chi connectivity index (χ4n) is 4.23. The van der Waals surface area contributed by atoms with Crippen molar-refractivity contribution in [2.75, 3.05) is 51.8 Å². The molecule has 202 valence electrons. The average Bonchev–Trinajstić information content (AvgIpc) is 3.31. The number of ether oxygens (including phenoxy) is 1. The lowest BCUT2D eigenvalue weighted by atomic mass is 10.0. The molecule has 1 aliphatic rings. The monoisotopic (exact) mass is 549 g/mol. The summed E-state index contributed by atoms with van der Waals surface area (Å²) in [5.74, 6) is -0.764. The zero-order valence-corrected chi connectivity index (χ0v) is 23.1. The molecule has 0 saturated carbocycles. The van der Waals surface area contributed by atoms with Crippen molar-refractivity contribution in [2.24, 2.45) is 0 Å². The Kier molecular flexibility index (Phi) is 11.8. The number of thiazole rings is 1. The summed E-state index contributed by atoms with van der Waals surface area (Å²) in [7, 11) is 1.54. The van der Waals surface area contributed by atoms with Crippen LogP contribution in [-0.2, 0) is 20.7 Å². The van der Waals surface area contributed by atoms with Crippen LogP contribution in [-0.4, -0.2) is 85.0 Å². The summed E-state index contributed by atoms with van der Waals surface area (Å²) in [6, 6.07) is 7.12. The van der Waals surface area contributed by atoms with Gasteiger partial charge < -0.3 is 25.2 Å². The van der Waals surface area contributed by atoms with E-state index in [-0.39, 0.29) is 37.2 Å². The van der Waals surface area contributed by atoms with E-state index in [1.54, 1.807) is 29.6 Å². The van der Waals surface area contributed by atoms with E-state index in [9.17, 15) is 14.4 Å². The van der Waals surface area contributed by atoms with Crippen molar-refractivity contribution >= 4 is 45.8 Å². The van der Waals surface area contributed by atoms with Crippen molar-refractivity contribution in [3.63, 3.8) is 0 Å². The summed E-state index contributed by atoms with van der Waals surface area (Å²) < 4.78 is 5.09. The van der Waals surface area contributed by atoms with Crippen LogP contribution in [0.1, 0.15) is 48.7 Å². The number of hydrogen-bond donors (Lipinski definition) is 2. The van der Waals surface area contributed by atoms with Gasteiger partial charge >= 0.3 is 0 Å². The number of rotatable bonds is 13. The molecule has 2 heterocycles. The number of methoxy groups -OCH3 is 1. The summed E-state index contributed by atoms with van der Waals surface area (Å²) in [5, 5.41) is 8.35. The molecule has 11 heteroatoms. The predicted octanol–water partition coefficient (Wildman–Crippen LogP) is 3.45. The van der Waals surface area contributed by atoms with Crippen LogP contribution < -0.4 is 10.6 Å². The molecule has 9 nitrogen and oxygen atoms in total. The second-order valence-corrected chi connectivity index (χ2v) is 10.5. The first-order valence-electron chi connectivity index (χ1n) is 12.6. The topological polar surface area (TPSA) is 104 Å². The molecule has 0 spiro atoms. The predicted molar refractivity (Wildman–Crippen MR) is 146 cm³/mol. The number of carbonyl (C=O) groups is 3. The number of benzene rings is 1. The van der Waals surface area contributed by atoms with Crippen molar-refractivity contribution in [1.29, 1.82) is 0 Å². The molecule has 1 saturated heterocycles. The van der Waals surface area contributed by atoms with Crippen LogP contribution in [0.3, 0.4) is 0 Å². The van der Waals surface area contributed by atoms with E-state index in [0.717, 1.165) is 19.5 Å². The zero-order chi connectivity index (χ0) is 26.6. The Morgan fingerprint density at radius 1 is 1.22 bits per heavy atom. The molecular weight excluding hydrogens is 514 g/mol. The van der Waals surface area contributed by atoms with Crippen LogP contribution in [0.15, 0.2) is 29.6 Å². The van der Waals surface area contributed by atoms with Crippen LogP contribution in [0.5, 0.6) is 0 Å². The number of amides is 3. The minimum absolute atomic E-state index is 0.0887. The number of carbonyl (C=O) groups excluding carboxylic acids is 3. The Morgan fingerprint density at radius 2 is 2.00 bits per heavy atom. The van der Waals surface area contributed by atoms with E-state index in [1.165, 1.54) is 42.6 Å². The second kappa shape index (κ2) is 15.0. The molecule has 0 aliphatic carbocycles. The van der Waals surface area contributed by atoms with Crippen LogP contribution >= 0.6 is 22.9 Å². The van der Waals surface area contributed by atoms with Gasteiger partial charge in [-0.05, 0) is 57.0 Å². The first-order valence-corrected chi connectivity index (χ1v) is 13.9. The van der Waals surface area contributed by atoms with Gasteiger partial charge in [0, 0.05) is 48.8 Å². The summed E-state index contributed by atoms with van der Waals surface area (Å²) >= 11 is 7.16. The lowest BCUT2D eigenvalue weighted by Gasteiger charge is -2.33. The lowest BCUT2D eigenvalue weighted by molar-refractivity contribution is -0.120. The quantitative estimate of drug-likeness (QED) is 0.371.